The summed E-state index contributed by atoms with van der Waals surface area (Å²) in [7, 11) is 0. The van der Waals surface area contributed by atoms with Crippen molar-refractivity contribution in [1.82, 2.24) is 0 Å². The molecule has 2 nitrogen and oxygen atoms in total. The Bertz CT molecular complexity index is 413. The van der Waals surface area contributed by atoms with Crippen molar-refractivity contribution in [2.75, 3.05) is 0 Å². The normalized spacial score (nSPS) is 11.5. The molecule has 80 valence electrons. The molecule has 1 aromatic carbocycles. The molecule has 15 heavy (non-hydrogen) atoms. The summed E-state index contributed by atoms with van der Waals surface area (Å²) in [6, 6.07) is 5.85. The first kappa shape index (κ1) is 12.5. The Labute approximate surface area is 106 Å². The van der Waals surface area contributed by atoms with Gasteiger partial charge >= 0.3 is 106 Å². The van der Waals surface area contributed by atoms with Gasteiger partial charge in [-0.1, -0.05) is 0 Å². The van der Waals surface area contributed by atoms with Crippen LogP contribution in [0.15, 0.2) is 28.2 Å². The molecule has 0 aromatic heterocycles. The number of carbonyl (C=O) groups is 1. The van der Waals surface area contributed by atoms with Crippen LogP contribution in [0.3, 0.4) is 0 Å². The first-order valence-electron chi connectivity index (χ1n) is 4.53. The third kappa shape index (κ3) is 3.51. The molecular weight excluding hydrogens is 319 g/mol. The molecule has 4 heteroatoms. The number of hydrogen-bond donors (Lipinski definition) is 1. The number of hydrogen-bond acceptors (Lipinski definition) is 1. The minimum absolute atomic E-state index is 0.441. The van der Waals surface area contributed by atoms with Crippen LogP contribution >= 0.6 is 15.9 Å². The summed E-state index contributed by atoms with van der Waals surface area (Å²) in [6.07, 6.45) is 2.28. The van der Waals surface area contributed by atoms with E-state index in [4.69, 9.17) is 5.11 Å². The first-order chi connectivity index (χ1) is 7.04. The van der Waals surface area contributed by atoms with Gasteiger partial charge in [-0.3, -0.25) is 0 Å². The number of carboxylic acids is 1. The Hall–Kier alpha value is -0.532. The molecule has 0 fully saturated rings. The minimum atomic E-state index is -0.840. The molecule has 0 bridgehead atoms. The monoisotopic (exact) mass is 330 g/mol. The van der Waals surface area contributed by atoms with Gasteiger partial charge in [-0.15, -0.1) is 0 Å². The summed E-state index contributed by atoms with van der Waals surface area (Å²) >= 11 is 4.87. The Kier molecular flexibility index (Phi) is 4.62. The van der Waals surface area contributed by atoms with Gasteiger partial charge in [0.1, 0.15) is 0 Å². The second-order valence-corrected chi connectivity index (χ2v) is 5.32. The maximum atomic E-state index is 10.8. The Morgan fingerprint density at radius 1 is 1.60 bits per heavy atom. The molecule has 1 aromatic rings. The van der Waals surface area contributed by atoms with Gasteiger partial charge in [0.25, 0.3) is 0 Å². The van der Waals surface area contributed by atoms with E-state index in [0.29, 0.717) is 12.0 Å². The third-order valence-corrected chi connectivity index (χ3v) is 3.58. The number of aliphatic carboxylic acids is 1. The molecule has 0 saturated heterocycles. The van der Waals surface area contributed by atoms with Gasteiger partial charge in [-0.05, 0) is 0 Å². The fraction of sp³-hybridized carbons (Fsp3) is 0.182. The summed E-state index contributed by atoms with van der Waals surface area (Å²) < 4.78 is 2.15. The topological polar surface area (TPSA) is 37.3 Å². The molecule has 0 radical (unpaired) electrons. The molecule has 0 aliphatic heterocycles. The van der Waals surface area contributed by atoms with Gasteiger partial charge in [0.2, 0.25) is 0 Å². The molecular formula is C11H12AsBrO2. The predicted octanol–water partition coefficient (Wildman–Crippen LogP) is 1.59. The quantitative estimate of drug-likeness (QED) is 0.675. The van der Waals surface area contributed by atoms with E-state index in [0.717, 1.165) is 14.4 Å². The van der Waals surface area contributed by atoms with Crippen LogP contribution in [0.5, 0.6) is 0 Å². The Morgan fingerprint density at radius 2 is 2.27 bits per heavy atom. The van der Waals surface area contributed by atoms with Gasteiger partial charge in [-0.25, -0.2) is 0 Å². The second-order valence-electron chi connectivity index (χ2n) is 3.10. The second kappa shape index (κ2) is 5.52. The Balaban J connectivity index is 3.12. The van der Waals surface area contributed by atoms with E-state index in [1.807, 2.05) is 25.1 Å². The van der Waals surface area contributed by atoms with E-state index in [1.165, 1.54) is 16.9 Å². The van der Waals surface area contributed by atoms with Crippen molar-refractivity contribution in [3.63, 3.8) is 0 Å². The summed E-state index contributed by atoms with van der Waals surface area (Å²) in [5.74, 6) is -0.840. The molecule has 0 heterocycles. The van der Waals surface area contributed by atoms with E-state index in [-0.39, 0.29) is 0 Å². The van der Waals surface area contributed by atoms with E-state index >= 15 is 0 Å². The molecule has 0 spiro atoms. The predicted molar refractivity (Wildman–Crippen MR) is 68.2 cm³/mol. The zero-order valence-corrected chi connectivity index (χ0v) is 12.3. The SMILES string of the molecule is CC/C(=C/c1ccc(Br)cc1[AsH2])C(=O)O. The first-order valence-corrected chi connectivity index (χ1v) is 6.54. The number of benzene rings is 1. The average Bonchev–Trinajstić information content (AvgIpc) is 2.16. The maximum absolute atomic E-state index is 10.8. The van der Waals surface area contributed by atoms with Crippen LogP contribution in [0.25, 0.3) is 6.08 Å². The molecule has 1 unspecified atom stereocenters. The van der Waals surface area contributed by atoms with Crippen molar-refractivity contribution in [1.29, 1.82) is 0 Å². The van der Waals surface area contributed by atoms with Crippen molar-refractivity contribution in [2.24, 2.45) is 0 Å². The van der Waals surface area contributed by atoms with Crippen LogP contribution in [0.4, 0.5) is 0 Å². The van der Waals surface area contributed by atoms with E-state index in [2.05, 4.69) is 15.9 Å². The summed E-state index contributed by atoms with van der Waals surface area (Å²) in [6.45, 7) is 1.85. The fourth-order valence-electron chi connectivity index (χ4n) is 1.18. The number of rotatable bonds is 3. The van der Waals surface area contributed by atoms with Gasteiger partial charge < -0.3 is 0 Å². The van der Waals surface area contributed by atoms with Crippen LogP contribution in [-0.2, 0) is 4.79 Å². The molecule has 0 aliphatic carbocycles. The van der Waals surface area contributed by atoms with Crippen LogP contribution in [0, 0.1) is 0 Å². The zero-order chi connectivity index (χ0) is 11.4. The van der Waals surface area contributed by atoms with Crippen molar-refractivity contribution in [2.45, 2.75) is 13.3 Å². The third-order valence-electron chi connectivity index (χ3n) is 2.03. The van der Waals surface area contributed by atoms with E-state index in [1.54, 1.807) is 6.08 Å². The molecule has 1 rings (SSSR count). The molecule has 0 aliphatic rings. The summed E-state index contributed by atoms with van der Waals surface area (Å²) in [5, 5.41) is 8.91. The summed E-state index contributed by atoms with van der Waals surface area (Å²) in [4.78, 5) is 10.8. The Morgan fingerprint density at radius 3 is 2.73 bits per heavy atom. The van der Waals surface area contributed by atoms with Gasteiger partial charge in [0.15, 0.2) is 0 Å². The average molecular weight is 331 g/mol. The van der Waals surface area contributed by atoms with Crippen LogP contribution in [0.1, 0.15) is 18.9 Å². The van der Waals surface area contributed by atoms with Crippen LogP contribution in [-0.4, -0.2) is 27.9 Å². The molecule has 0 saturated carbocycles. The van der Waals surface area contributed by atoms with Gasteiger partial charge in [-0.2, -0.15) is 0 Å². The van der Waals surface area contributed by atoms with Crippen LogP contribution in [0.2, 0.25) is 0 Å². The molecule has 1 atom stereocenters. The van der Waals surface area contributed by atoms with Crippen molar-refractivity contribution in [3.8, 4) is 0 Å². The van der Waals surface area contributed by atoms with Gasteiger partial charge in [0, 0.05) is 0 Å². The number of halogens is 1. The standard InChI is InChI=1S/C11H12AsBrO2/c1-2-7(11(14)15)5-8-3-4-9(13)6-10(8)12/h3-6H,2,12H2,1H3,(H,14,15)/b7-5-. The fourth-order valence-corrected chi connectivity index (χ4v) is 2.82. The molecule has 0 amide bonds. The van der Waals surface area contributed by atoms with E-state index < -0.39 is 5.97 Å². The molecule has 1 N–H and O–H groups in total. The summed E-state index contributed by atoms with van der Waals surface area (Å²) in [5.41, 5.74) is 1.42. The van der Waals surface area contributed by atoms with Gasteiger partial charge in [0.05, 0.1) is 0 Å². The number of carboxylic acid groups (broad SMARTS) is 1. The zero-order valence-electron chi connectivity index (χ0n) is 8.33. The van der Waals surface area contributed by atoms with Crippen molar-refractivity contribution >= 4 is 49.2 Å². The van der Waals surface area contributed by atoms with E-state index in [9.17, 15) is 4.79 Å². The van der Waals surface area contributed by atoms with Crippen molar-refractivity contribution in [3.05, 3.63) is 33.8 Å². The van der Waals surface area contributed by atoms with Crippen molar-refractivity contribution < 1.29 is 9.90 Å². The van der Waals surface area contributed by atoms with Crippen LogP contribution < -0.4 is 4.35 Å².